The third-order valence-corrected chi connectivity index (χ3v) is 3.09. The number of esters is 1. The molecule has 1 aromatic carbocycles. The van der Waals surface area contributed by atoms with Gasteiger partial charge in [-0.2, -0.15) is 0 Å². The van der Waals surface area contributed by atoms with Crippen LogP contribution in [0.25, 0.3) is 10.8 Å². The van der Waals surface area contributed by atoms with Gasteiger partial charge < -0.3 is 18.8 Å². The summed E-state index contributed by atoms with van der Waals surface area (Å²) < 4.78 is 16.5. The van der Waals surface area contributed by atoms with Crippen molar-refractivity contribution in [2.24, 2.45) is 0 Å². The van der Waals surface area contributed by atoms with Gasteiger partial charge in [-0.25, -0.2) is 4.79 Å². The Hall–Kier alpha value is -2.34. The van der Waals surface area contributed by atoms with E-state index in [2.05, 4.69) is 4.74 Å². The van der Waals surface area contributed by atoms with Gasteiger partial charge in [-0.15, -0.1) is 0 Å². The maximum absolute atomic E-state index is 12.3. The molecule has 0 unspecified atom stereocenters. The van der Waals surface area contributed by atoms with Gasteiger partial charge in [0.2, 0.25) is 0 Å². The highest BCUT2D eigenvalue weighted by atomic mass is 16.6. The van der Waals surface area contributed by atoms with Crippen molar-refractivity contribution < 1.29 is 19.0 Å². The molecule has 0 saturated heterocycles. The SMILES string of the molecule is COCCn1ccc2c(OCC(=O)OC)cccc2c1=O. The van der Waals surface area contributed by atoms with Gasteiger partial charge in [0.25, 0.3) is 5.56 Å². The van der Waals surface area contributed by atoms with E-state index in [-0.39, 0.29) is 12.2 Å². The number of hydrogen-bond donors (Lipinski definition) is 0. The summed E-state index contributed by atoms with van der Waals surface area (Å²) in [6.07, 6.45) is 1.69. The monoisotopic (exact) mass is 291 g/mol. The van der Waals surface area contributed by atoms with Crippen LogP contribution in [0, 0.1) is 0 Å². The van der Waals surface area contributed by atoms with Crippen LogP contribution in [-0.4, -0.2) is 38.0 Å². The first-order chi connectivity index (χ1) is 10.2. The molecule has 0 bridgehead atoms. The predicted molar refractivity (Wildman–Crippen MR) is 77.6 cm³/mol. The van der Waals surface area contributed by atoms with Crippen molar-refractivity contribution in [2.75, 3.05) is 27.4 Å². The van der Waals surface area contributed by atoms with E-state index in [0.717, 1.165) is 0 Å². The molecule has 0 radical (unpaired) electrons. The fraction of sp³-hybridized carbons (Fsp3) is 0.333. The summed E-state index contributed by atoms with van der Waals surface area (Å²) in [5, 5.41) is 1.20. The number of hydrogen-bond acceptors (Lipinski definition) is 5. The fourth-order valence-corrected chi connectivity index (χ4v) is 1.98. The quantitative estimate of drug-likeness (QED) is 0.748. The van der Waals surface area contributed by atoms with Gasteiger partial charge in [-0.3, -0.25) is 4.79 Å². The molecule has 112 valence electrons. The van der Waals surface area contributed by atoms with Crippen LogP contribution in [0.3, 0.4) is 0 Å². The standard InChI is InChI=1S/C15H17NO5/c1-19-9-8-16-7-6-11-12(15(16)18)4-3-5-13(11)21-10-14(17)20-2/h3-7H,8-10H2,1-2H3. The first kappa shape index (κ1) is 15.1. The molecular weight excluding hydrogens is 274 g/mol. The lowest BCUT2D eigenvalue weighted by Gasteiger charge is -2.10. The van der Waals surface area contributed by atoms with E-state index in [9.17, 15) is 9.59 Å². The third-order valence-electron chi connectivity index (χ3n) is 3.09. The number of ether oxygens (including phenoxy) is 3. The number of benzene rings is 1. The summed E-state index contributed by atoms with van der Waals surface area (Å²) in [4.78, 5) is 23.5. The molecule has 2 aromatic rings. The number of methoxy groups -OCH3 is 2. The van der Waals surface area contributed by atoms with Gasteiger partial charge in [0.15, 0.2) is 6.61 Å². The van der Waals surface area contributed by atoms with E-state index < -0.39 is 5.97 Å². The highest BCUT2D eigenvalue weighted by molar-refractivity contribution is 5.87. The zero-order chi connectivity index (χ0) is 15.2. The Morgan fingerprint density at radius 1 is 1.19 bits per heavy atom. The summed E-state index contributed by atoms with van der Waals surface area (Å²) >= 11 is 0. The van der Waals surface area contributed by atoms with Crippen molar-refractivity contribution in [2.45, 2.75) is 6.54 Å². The number of fused-ring (bicyclic) bond motifs is 1. The summed E-state index contributed by atoms with van der Waals surface area (Å²) in [7, 11) is 2.88. The van der Waals surface area contributed by atoms with Crippen LogP contribution < -0.4 is 10.3 Å². The van der Waals surface area contributed by atoms with Crippen LogP contribution in [0.5, 0.6) is 5.75 Å². The Kier molecular flexibility index (Phi) is 4.94. The number of pyridine rings is 1. The summed E-state index contributed by atoms with van der Waals surface area (Å²) in [6, 6.07) is 6.95. The van der Waals surface area contributed by atoms with Gasteiger partial charge in [0.05, 0.1) is 19.1 Å². The second kappa shape index (κ2) is 6.90. The average Bonchev–Trinajstić information content (AvgIpc) is 2.52. The van der Waals surface area contributed by atoms with Crippen LogP contribution in [0.2, 0.25) is 0 Å². The molecule has 0 atom stereocenters. The Morgan fingerprint density at radius 2 is 2.00 bits per heavy atom. The first-order valence-electron chi connectivity index (χ1n) is 6.48. The van der Waals surface area contributed by atoms with Crippen molar-refractivity contribution in [1.29, 1.82) is 0 Å². The van der Waals surface area contributed by atoms with Crippen molar-refractivity contribution in [3.8, 4) is 5.75 Å². The lowest BCUT2D eigenvalue weighted by atomic mass is 10.1. The summed E-state index contributed by atoms with van der Waals surface area (Å²) in [5.41, 5.74) is -0.118. The maximum Gasteiger partial charge on any atom is 0.343 e. The van der Waals surface area contributed by atoms with Gasteiger partial charge >= 0.3 is 5.97 Å². The zero-order valence-corrected chi connectivity index (χ0v) is 12.0. The molecule has 0 amide bonds. The van der Waals surface area contributed by atoms with E-state index in [1.807, 2.05) is 0 Å². The number of aromatic nitrogens is 1. The minimum atomic E-state index is -0.472. The van der Waals surface area contributed by atoms with Crippen molar-refractivity contribution in [3.05, 3.63) is 40.8 Å². The second-order valence-electron chi connectivity index (χ2n) is 4.39. The van der Waals surface area contributed by atoms with Crippen molar-refractivity contribution in [3.63, 3.8) is 0 Å². The Morgan fingerprint density at radius 3 is 2.71 bits per heavy atom. The molecule has 0 aliphatic heterocycles. The molecule has 2 rings (SSSR count). The van der Waals surface area contributed by atoms with Crippen LogP contribution in [-0.2, 0) is 20.8 Å². The lowest BCUT2D eigenvalue weighted by molar-refractivity contribution is -0.142. The zero-order valence-electron chi connectivity index (χ0n) is 12.0. The minimum absolute atomic E-state index is 0.118. The lowest BCUT2D eigenvalue weighted by Crippen LogP contribution is -2.21. The molecule has 0 aliphatic rings. The Bertz CT molecular complexity index is 692. The van der Waals surface area contributed by atoms with E-state index in [4.69, 9.17) is 9.47 Å². The molecule has 1 aromatic heterocycles. The van der Waals surface area contributed by atoms with Crippen LogP contribution in [0.4, 0.5) is 0 Å². The van der Waals surface area contributed by atoms with E-state index in [1.54, 1.807) is 42.1 Å². The molecule has 6 heteroatoms. The third kappa shape index (κ3) is 3.41. The van der Waals surface area contributed by atoms with Gasteiger partial charge in [-0.1, -0.05) is 6.07 Å². The Balaban J connectivity index is 2.35. The van der Waals surface area contributed by atoms with E-state index in [1.165, 1.54) is 7.11 Å². The maximum atomic E-state index is 12.3. The molecule has 1 heterocycles. The largest absolute Gasteiger partial charge is 0.481 e. The molecule has 0 fully saturated rings. The smallest absolute Gasteiger partial charge is 0.343 e. The average molecular weight is 291 g/mol. The van der Waals surface area contributed by atoms with Crippen LogP contribution in [0.15, 0.2) is 35.3 Å². The molecule has 0 N–H and O–H groups in total. The number of rotatable bonds is 6. The molecule has 0 spiro atoms. The molecular formula is C15H17NO5. The second-order valence-corrected chi connectivity index (χ2v) is 4.39. The van der Waals surface area contributed by atoms with E-state index in [0.29, 0.717) is 29.7 Å². The van der Waals surface area contributed by atoms with Gasteiger partial charge in [0, 0.05) is 25.2 Å². The van der Waals surface area contributed by atoms with Crippen LogP contribution in [0.1, 0.15) is 0 Å². The fourth-order valence-electron chi connectivity index (χ4n) is 1.98. The predicted octanol–water partition coefficient (Wildman–Crippen LogP) is 1.20. The summed E-state index contributed by atoms with van der Waals surface area (Å²) in [6.45, 7) is 0.755. The molecule has 6 nitrogen and oxygen atoms in total. The molecule has 0 aliphatic carbocycles. The number of nitrogens with zero attached hydrogens (tertiary/aromatic N) is 1. The number of carbonyl (C=O) groups is 1. The van der Waals surface area contributed by atoms with Crippen LogP contribution >= 0.6 is 0 Å². The highest BCUT2D eigenvalue weighted by Crippen LogP contribution is 2.23. The Labute approximate surface area is 121 Å². The van der Waals surface area contributed by atoms with Gasteiger partial charge in [-0.05, 0) is 18.2 Å². The first-order valence-corrected chi connectivity index (χ1v) is 6.48. The van der Waals surface area contributed by atoms with Gasteiger partial charge in [0.1, 0.15) is 5.75 Å². The minimum Gasteiger partial charge on any atom is -0.481 e. The highest BCUT2D eigenvalue weighted by Gasteiger charge is 2.09. The van der Waals surface area contributed by atoms with Crippen molar-refractivity contribution in [1.82, 2.24) is 4.57 Å². The number of carbonyl (C=O) groups excluding carboxylic acids is 1. The molecule has 0 saturated carbocycles. The van der Waals surface area contributed by atoms with Crippen molar-refractivity contribution >= 4 is 16.7 Å². The molecule has 21 heavy (non-hydrogen) atoms. The topological polar surface area (TPSA) is 66.8 Å². The normalized spacial score (nSPS) is 10.6. The summed E-state index contributed by atoms with van der Waals surface area (Å²) in [5.74, 6) is 0.00864. The van der Waals surface area contributed by atoms with E-state index >= 15 is 0 Å².